The average molecular weight is 92.9 g/mol. The topological polar surface area (TPSA) is 0 Å². The molecule has 0 aromatic carbocycles. The molecule has 0 nitrogen and oxygen atoms in total. The molecule has 0 N–H and O–H groups in total. The van der Waals surface area contributed by atoms with Crippen LogP contribution in [0, 0.1) is 0 Å². The first-order chi connectivity index (χ1) is 1.00. The smallest absolute Gasteiger partial charge is 1.00 e. The molecular formula is C2H9ClMg. The Morgan fingerprint density at radius 3 is 1.50 bits per heavy atom. The van der Waals surface area contributed by atoms with Crippen molar-refractivity contribution in [1.29, 1.82) is 0 Å². The third kappa shape index (κ3) is 11.6. The molecule has 0 fully saturated rings. The first kappa shape index (κ1) is 19.7. The van der Waals surface area contributed by atoms with Crippen LogP contribution >= 0.6 is 11.6 Å². The fourth-order valence-corrected chi connectivity index (χ4v) is 0. The molecule has 0 saturated heterocycles. The molecule has 0 spiro atoms. The van der Waals surface area contributed by atoms with Gasteiger partial charge in [0.25, 0.3) is 0 Å². The van der Waals surface area contributed by atoms with Crippen molar-refractivity contribution in [2.24, 2.45) is 0 Å². The van der Waals surface area contributed by atoms with Crippen molar-refractivity contribution >= 4 is 34.7 Å². The van der Waals surface area contributed by atoms with E-state index in [0.717, 1.165) is 0 Å². The monoisotopic (exact) mass is 92.0 g/mol. The van der Waals surface area contributed by atoms with Gasteiger partial charge in [-0.15, -0.1) is 11.6 Å². The molecule has 0 atom stereocenters. The zero-order valence-corrected chi connectivity index (χ0v) is 4.26. The molecule has 0 saturated carbocycles. The molecule has 0 aliphatic heterocycles. The van der Waals surface area contributed by atoms with Crippen LogP contribution in [0.3, 0.4) is 0 Å². The average Bonchev–Trinajstić information content (AvgIpc) is 1.00. The first-order valence-corrected chi connectivity index (χ1v) is 1.13. The quantitative estimate of drug-likeness (QED) is 0.313. The Labute approximate surface area is 51.7 Å². The minimum absolute atomic E-state index is 0. The molecule has 0 bridgehead atoms. The second-order valence-corrected chi connectivity index (χ2v) is 0. The van der Waals surface area contributed by atoms with Crippen molar-refractivity contribution in [2.75, 3.05) is 6.38 Å². The van der Waals surface area contributed by atoms with Crippen LogP contribution in [-0.4, -0.2) is 29.4 Å². The van der Waals surface area contributed by atoms with Gasteiger partial charge in [-0.05, 0) is 0 Å². The summed E-state index contributed by atoms with van der Waals surface area (Å²) in [5, 5.41) is 0. The first-order valence-electron chi connectivity index (χ1n) is 0.378. The van der Waals surface area contributed by atoms with Crippen molar-refractivity contribution < 1.29 is 2.85 Å². The maximum absolute atomic E-state index is 4.64. The van der Waals surface area contributed by atoms with Crippen LogP contribution in [0.4, 0.5) is 0 Å². The van der Waals surface area contributed by atoms with Crippen molar-refractivity contribution in [1.82, 2.24) is 0 Å². The number of rotatable bonds is 0. The summed E-state index contributed by atoms with van der Waals surface area (Å²) in [6, 6.07) is 0. The largest absolute Gasteiger partial charge is 2.00 e. The minimum atomic E-state index is 0. The van der Waals surface area contributed by atoms with Crippen LogP contribution in [0.2, 0.25) is 0 Å². The van der Waals surface area contributed by atoms with E-state index in [1.54, 1.807) is 0 Å². The normalized spacial score (nSPS) is 1.50. The summed E-state index contributed by atoms with van der Waals surface area (Å²) in [4.78, 5) is 0. The third-order valence-electron chi connectivity index (χ3n) is 0. The van der Waals surface area contributed by atoms with E-state index in [1.807, 2.05) is 0 Å². The van der Waals surface area contributed by atoms with E-state index in [0.29, 0.717) is 0 Å². The Hall–Kier alpha value is 1.06. The third-order valence-corrected chi connectivity index (χ3v) is 0. The second kappa shape index (κ2) is 34.0. The van der Waals surface area contributed by atoms with Crippen molar-refractivity contribution in [3.8, 4) is 0 Å². The Kier molecular flexibility index (Phi) is 167. The number of hydrogen-bond donors (Lipinski definition) is 0. The van der Waals surface area contributed by atoms with Crippen molar-refractivity contribution in [3.63, 3.8) is 0 Å². The van der Waals surface area contributed by atoms with Gasteiger partial charge in [-0.25, -0.2) is 0 Å². The molecule has 0 amide bonds. The summed E-state index contributed by atoms with van der Waals surface area (Å²) < 4.78 is 0. The Bertz CT molecular complexity index is 11.5. The van der Waals surface area contributed by atoms with Gasteiger partial charge in [0.2, 0.25) is 0 Å². The molecule has 0 aliphatic carbocycles. The van der Waals surface area contributed by atoms with Crippen LogP contribution in [0.15, 0.2) is 0 Å². The van der Waals surface area contributed by atoms with E-state index in [-0.39, 0.29) is 33.3 Å². The predicted molar refractivity (Wildman–Crippen MR) is 26.5 cm³/mol. The Morgan fingerprint density at radius 2 is 1.50 bits per heavy atom. The van der Waals surface area contributed by atoms with Crippen LogP contribution in [-0.2, 0) is 0 Å². The van der Waals surface area contributed by atoms with Gasteiger partial charge in [0.05, 0.1) is 0 Å². The van der Waals surface area contributed by atoms with Crippen LogP contribution in [0.25, 0.3) is 0 Å². The Morgan fingerprint density at radius 1 is 1.50 bits per heavy atom. The zero-order chi connectivity index (χ0) is 2.00. The fraction of sp³-hybridized carbons (Fsp3) is 1.00. The van der Waals surface area contributed by atoms with E-state index >= 15 is 0 Å². The molecule has 0 heterocycles. The van der Waals surface area contributed by atoms with E-state index in [2.05, 4.69) is 11.6 Å². The number of halogens is 1. The molecule has 0 aliphatic rings. The molecule has 2 heteroatoms. The van der Waals surface area contributed by atoms with Gasteiger partial charge in [0.15, 0.2) is 0 Å². The van der Waals surface area contributed by atoms with Gasteiger partial charge in [-0.2, -0.15) is 0 Å². The molecule has 0 radical (unpaired) electrons. The maximum Gasteiger partial charge on any atom is 2.00 e. The van der Waals surface area contributed by atoms with E-state index < -0.39 is 0 Å². The van der Waals surface area contributed by atoms with Gasteiger partial charge < -0.3 is 2.85 Å². The number of hydrogen-bond acceptors (Lipinski definition) is 0. The van der Waals surface area contributed by atoms with Gasteiger partial charge in [0, 0.05) is 6.38 Å². The summed E-state index contributed by atoms with van der Waals surface area (Å²) in [5.74, 6) is 0. The SMILES string of the molecule is C.CCl.[H-].[H-].[Mg+2]. The van der Waals surface area contributed by atoms with Gasteiger partial charge in [-0.3, -0.25) is 0 Å². The standard InChI is InChI=1S/CH3Cl.CH4.Mg.2H/c1-2;;;;/h1H3;1H4;;;/q;;+2;2*-1. The number of alkyl halides is 1. The van der Waals surface area contributed by atoms with E-state index in [1.165, 1.54) is 6.38 Å². The molecule has 0 aromatic heterocycles. The molecule has 0 unspecified atom stereocenters. The summed E-state index contributed by atoms with van der Waals surface area (Å²) in [6.45, 7) is 0. The summed E-state index contributed by atoms with van der Waals surface area (Å²) in [6.07, 6.45) is 1.47. The second-order valence-electron chi connectivity index (χ2n) is 0. The zero-order valence-electron chi connectivity index (χ0n) is 4.09. The van der Waals surface area contributed by atoms with Crippen LogP contribution < -0.4 is 0 Å². The predicted octanol–water partition coefficient (Wildman–Crippen LogP) is 1.34. The summed E-state index contributed by atoms with van der Waals surface area (Å²) in [7, 11) is 0. The molecule has 0 aromatic rings. The van der Waals surface area contributed by atoms with Gasteiger partial charge in [-0.1, -0.05) is 7.43 Å². The van der Waals surface area contributed by atoms with Crippen molar-refractivity contribution in [2.45, 2.75) is 7.43 Å². The molecule has 26 valence electrons. The van der Waals surface area contributed by atoms with Crippen LogP contribution in [0.1, 0.15) is 10.3 Å². The summed E-state index contributed by atoms with van der Waals surface area (Å²) >= 11 is 4.64. The van der Waals surface area contributed by atoms with E-state index in [4.69, 9.17) is 0 Å². The molecule has 0 rings (SSSR count). The summed E-state index contributed by atoms with van der Waals surface area (Å²) in [5.41, 5.74) is 0. The Balaban J connectivity index is -0.000000000833. The minimum Gasteiger partial charge on any atom is -1.00 e. The van der Waals surface area contributed by atoms with Crippen LogP contribution in [0.5, 0.6) is 0 Å². The maximum atomic E-state index is 4.64. The van der Waals surface area contributed by atoms with Crippen molar-refractivity contribution in [3.05, 3.63) is 0 Å². The van der Waals surface area contributed by atoms with Gasteiger partial charge >= 0.3 is 23.1 Å². The fourth-order valence-electron chi connectivity index (χ4n) is 0. The molecule has 4 heavy (non-hydrogen) atoms. The van der Waals surface area contributed by atoms with E-state index in [9.17, 15) is 0 Å². The van der Waals surface area contributed by atoms with Gasteiger partial charge in [0.1, 0.15) is 0 Å². The molecular weight excluding hydrogens is 83.8 g/mol.